The molecule has 1 aliphatic heterocycles. The predicted octanol–water partition coefficient (Wildman–Crippen LogP) is 3.24. The summed E-state index contributed by atoms with van der Waals surface area (Å²) in [5.41, 5.74) is 2.93. The van der Waals surface area contributed by atoms with E-state index >= 15 is 0 Å². The fourth-order valence-corrected chi connectivity index (χ4v) is 5.40. The first-order valence-corrected chi connectivity index (χ1v) is 12.3. The molecule has 0 saturated carbocycles. The number of piperidine rings is 1. The number of hydrogen-bond donors (Lipinski definition) is 1. The van der Waals surface area contributed by atoms with Gasteiger partial charge in [-0.1, -0.05) is 48.4 Å². The number of carbonyl (C=O) groups excluding carboxylic acids is 1. The molecule has 31 heavy (non-hydrogen) atoms. The average Bonchev–Trinajstić information content (AvgIpc) is 2.78. The Balaban J connectivity index is 1.58. The van der Waals surface area contributed by atoms with Crippen molar-refractivity contribution in [2.75, 3.05) is 40.3 Å². The van der Waals surface area contributed by atoms with Gasteiger partial charge in [-0.2, -0.15) is 4.31 Å². The summed E-state index contributed by atoms with van der Waals surface area (Å²) >= 11 is 0. The second-order valence-electron chi connectivity index (χ2n) is 8.43. The first kappa shape index (κ1) is 23.6. The van der Waals surface area contributed by atoms with Crippen LogP contribution in [0.3, 0.4) is 0 Å². The summed E-state index contributed by atoms with van der Waals surface area (Å²) in [5.74, 6) is -0.0525. The zero-order valence-corrected chi connectivity index (χ0v) is 19.5. The fourth-order valence-electron chi connectivity index (χ4n) is 3.88. The van der Waals surface area contributed by atoms with Crippen LogP contribution in [0.4, 0.5) is 0 Å². The van der Waals surface area contributed by atoms with E-state index in [1.807, 2.05) is 14.1 Å². The molecule has 1 aliphatic rings. The molecule has 168 valence electrons. The van der Waals surface area contributed by atoms with Crippen LogP contribution in [0.1, 0.15) is 46.8 Å². The van der Waals surface area contributed by atoms with E-state index in [9.17, 15) is 13.2 Å². The molecule has 1 atom stereocenters. The number of rotatable bonds is 9. The van der Waals surface area contributed by atoms with E-state index in [0.29, 0.717) is 25.2 Å². The lowest BCUT2D eigenvalue weighted by Crippen LogP contribution is -2.35. The number of sulfonamides is 1. The van der Waals surface area contributed by atoms with E-state index in [-0.39, 0.29) is 23.3 Å². The molecule has 0 radical (unpaired) electrons. The quantitative estimate of drug-likeness (QED) is 0.603. The van der Waals surface area contributed by atoms with Crippen molar-refractivity contribution < 1.29 is 13.2 Å². The molecule has 6 nitrogen and oxygen atoms in total. The van der Waals surface area contributed by atoms with E-state index in [4.69, 9.17) is 0 Å². The van der Waals surface area contributed by atoms with Crippen molar-refractivity contribution in [2.24, 2.45) is 0 Å². The normalized spacial score (nSPS) is 16.4. The van der Waals surface area contributed by atoms with Gasteiger partial charge < -0.3 is 10.2 Å². The van der Waals surface area contributed by atoms with Crippen LogP contribution in [-0.4, -0.2) is 63.7 Å². The third kappa shape index (κ3) is 6.01. The maximum absolute atomic E-state index is 12.8. The molecule has 2 aromatic carbocycles. The number of likely N-dealkylation sites (N-methyl/N-ethyl adjacent to an activating group) is 1. The maximum Gasteiger partial charge on any atom is 0.243 e. The third-order valence-electron chi connectivity index (χ3n) is 5.84. The molecule has 0 spiro atoms. The van der Waals surface area contributed by atoms with Crippen LogP contribution >= 0.6 is 0 Å². The minimum absolute atomic E-state index is 0.0525. The highest BCUT2D eigenvalue weighted by Crippen LogP contribution is 2.21. The number of nitrogens with zero attached hydrogens (tertiary/aromatic N) is 2. The lowest BCUT2D eigenvalue weighted by molar-refractivity contribution is 0.0988. The molecule has 1 N–H and O–H groups in total. The monoisotopic (exact) mass is 443 g/mol. The summed E-state index contributed by atoms with van der Waals surface area (Å²) in [7, 11) is 0.572. The molecule has 2 aromatic rings. The van der Waals surface area contributed by atoms with Gasteiger partial charge in [0.2, 0.25) is 10.0 Å². The fraction of sp³-hybridized carbons (Fsp3) is 0.458. The van der Waals surface area contributed by atoms with Gasteiger partial charge in [0.05, 0.1) is 11.4 Å². The largest absolute Gasteiger partial charge is 0.308 e. The minimum atomic E-state index is -3.48. The Morgan fingerprint density at radius 3 is 2.19 bits per heavy atom. The Morgan fingerprint density at radius 2 is 1.61 bits per heavy atom. The third-order valence-corrected chi connectivity index (χ3v) is 7.75. The van der Waals surface area contributed by atoms with Crippen LogP contribution in [0.25, 0.3) is 0 Å². The van der Waals surface area contributed by atoms with Crippen molar-refractivity contribution >= 4 is 15.8 Å². The van der Waals surface area contributed by atoms with Gasteiger partial charge in [0.1, 0.15) is 0 Å². The molecule has 1 heterocycles. The summed E-state index contributed by atoms with van der Waals surface area (Å²) in [6.07, 6.45) is 2.88. The number of ketones is 1. The molecule has 1 unspecified atom stereocenters. The van der Waals surface area contributed by atoms with E-state index in [2.05, 4.69) is 41.4 Å². The van der Waals surface area contributed by atoms with Crippen molar-refractivity contribution in [1.82, 2.24) is 14.5 Å². The van der Waals surface area contributed by atoms with E-state index < -0.39 is 10.0 Å². The van der Waals surface area contributed by atoms with Gasteiger partial charge in [-0.05, 0) is 51.6 Å². The molecular weight excluding hydrogens is 410 g/mol. The zero-order valence-electron chi connectivity index (χ0n) is 18.7. The van der Waals surface area contributed by atoms with Crippen molar-refractivity contribution in [1.29, 1.82) is 0 Å². The number of benzene rings is 2. The van der Waals surface area contributed by atoms with Crippen molar-refractivity contribution in [2.45, 2.75) is 37.1 Å². The molecular formula is C24H33N3O3S. The Morgan fingerprint density at radius 1 is 1.00 bits per heavy atom. The highest BCUT2D eigenvalue weighted by molar-refractivity contribution is 7.89. The molecule has 3 rings (SSSR count). The Hall–Kier alpha value is -2.06. The summed E-state index contributed by atoms with van der Waals surface area (Å²) in [6.45, 7) is 4.05. The lowest BCUT2D eigenvalue weighted by Gasteiger charge is -2.26. The van der Waals surface area contributed by atoms with Gasteiger partial charge in [0.25, 0.3) is 0 Å². The standard InChI is InChI=1S/C24H33N3O3S/c1-19-7-9-20(10-8-19)23(26(2)3)17-25-18-24(28)21-11-13-22(14-12-21)31(29,30)27-15-5-4-6-16-27/h7-14,23,25H,4-6,15-18H2,1-3H3. The highest BCUT2D eigenvalue weighted by atomic mass is 32.2. The second-order valence-corrected chi connectivity index (χ2v) is 10.4. The SMILES string of the molecule is Cc1ccc(C(CNCC(=O)c2ccc(S(=O)(=O)N3CCCCC3)cc2)N(C)C)cc1. The Labute approximate surface area is 186 Å². The Kier molecular flexibility index (Phi) is 8.00. The van der Waals surface area contributed by atoms with Gasteiger partial charge in [0.15, 0.2) is 5.78 Å². The predicted molar refractivity (Wildman–Crippen MR) is 124 cm³/mol. The van der Waals surface area contributed by atoms with Gasteiger partial charge in [0, 0.05) is 31.2 Å². The van der Waals surface area contributed by atoms with Crippen LogP contribution in [0, 0.1) is 6.92 Å². The number of Topliss-reactive ketones (excluding diaryl/α,β-unsaturated/α-hetero) is 1. The van der Waals surface area contributed by atoms with Crippen molar-refractivity contribution in [3.63, 3.8) is 0 Å². The summed E-state index contributed by atoms with van der Waals surface area (Å²) in [4.78, 5) is 15.0. The van der Waals surface area contributed by atoms with Crippen molar-refractivity contribution in [3.8, 4) is 0 Å². The first-order chi connectivity index (χ1) is 14.8. The van der Waals surface area contributed by atoms with Crippen LogP contribution < -0.4 is 5.32 Å². The smallest absolute Gasteiger partial charge is 0.243 e. The summed E-state index contributed by atoms with van der Waals surface area (Å²) in [5, 5.41) is 3.26. The number of nitrogens with one attached hydrogen (secondary N) is 1. The molecule has 7 heteroatoms. The molecule has 0 aliphatic carbocycles. The average molecular weight is 444 g/mol. The number of hydrogen-bond acceptors (Lipinski definition) is 5. The minimum Gasteiger partial charge on any atom is -0.308 e. The number of carbonyl (C=O) groups is 1. The number of aryl methyl sites for hydroxylation is 1. The van der Waals surface area contributed by atoms with E-state index in [1.54, 1.807) is 28.6 Å². The second kappa shape index (κ2) is 10.5. The van der Waals surface area contributed by atoms with Crippen LogP contribution in [0.15, 0.2) is 53.4 Å². The maximum atomic E-state index is 12.8. The van der Waals surface area contributed by atoms with Gasteiger partial charge >= 0.3 is 0 Å². The van der Waals surface area contributed by atoms with Gasteiger partial charge in [-0.25, -0.2) is 8.42 Å². The zero-order chi connectivity index (χ0) is 22.4. The topological polar surface area (TPSA) is 69.7 Å². The molecule has 0 bridgehead atoms. The van der Waals surface area contributed by atoms with Crippen LogP contribution in [-0.2, 0) is 10.0 Å². The van der Waals surface area contributed by atoms with Crippen LogP contribution in [0.2, 0.25) is 0 Å². The highest BCUT2D eigenvalue weighted by Gasteiger charge is 2.26. The van der Waals surface area contributed by atoms with Crippen LogP contribution in [0.5, 0.6) is 0 Å². The molecule has 0 amide bonds. The van der Waals surface area contributed by atoms with E-state index in [0.717, 1.165) is 19.3 Å². The first-order valence-electron chi connectivity index (χ1n) is 10.9. The van der Waals surface area contributed by atoms with Crippen molar-refractivity contribution in [3.05, 3.63) is 65.2 Å². The Bertz CT molecular complexity index is 964. The van der Waals surface area contributed by atoms with Gasteiger partial charge in [-0.3, -0.25) is 4.79 Å². The lowest BCUT2D eigenvalue weighted by atomic mass is 10.0. The summed E-state index contributed by atoms with van der Waals surface area (Å²) in [6, 6.07) is 14.9. The molecule has 1 saturated heterocycles. The summed E-state index contributed by atoms with van der Waals surface area (Å²) < 4.78 is 27.1. The van der Waals surface area contributed by atoms with E-state index in [1.165, 1.54) is 11.1 Å². The van der Waals surface area contributed by atoms with Gasteiger partial charge in [-0.15, -0.1) is 0 Å². The molecule has 1 fully saturated rings. The molecule has 0 aromatic heterocycles.